The van der Waals surface area contributed by atoms with E-state index in [1.165, 1.54) is 0 Å². The summed E-state index contributed by atoms with van der Waals surface area (Å²) in [4.78, 5) is 14.3. The van der Waals surface area contributed by atoms with Crippen LogP contribution in [0.3, 0.4) is 0 Å². The molecule has 6 nitrogen and oxygen atoms in total. The van der Waals surface area contributed by atoms with Crippen LogP contribution in [0.4, 0.5) is 0 Å². The van der Waals surface area contributed by atoms with Crippen LogP contribution in [-0.2, 0) is 6.42 Å². The number of aromatic nitrogens is 2. The topological polar surface area (TPSA) is 72.4 Å². The van der Waals surface area contributed by atoms with Gasteiger partial charge >= 0.3 is 0 Å². The summed E-state index contributed by atoms with van der Waals surface area (Å²) in [7, 11) is 0. The predicted octanol–water partition coefficient (Wildman–Crippen LogP) is 2.90. The van der Waals surface area contributed by atoms with Crippen molar-refractivity contribution in [2.45, 2.75) is 45.6 Å². The first-order valence-electron chi connectivity index (χ1n) is 7.39. The van der Waals surface area contributed by atoms with Gasteiger partial charge in [-0.3, -0.25) is 4.79 Å². The summed E-state index contributed by atoms with van der Waals surface area (Å²) in [6, 6.07) is 3.60. The molecule has 1 fully saturated rings. The fourth-order valence-electron chi connectivity index (χ4n) is 2.77. The number of carbonyl (C=O) groups is 1. The highest BCUT2D eigenvalue weighted by Crippen LogP contribution is 2.33. The fraction of sp³-hybridized carbons (Fsp3) is 0.533. The average Bonchev–Trinajstić information content (AvgIpc) is 3.17. The van der Waals surface area contributed by atoms with Gasteiger partial charge in [0.25, 0.3) is 5.91 Å². The first kappa shape index (κ1) is 13.9. The third kappa shape index (κ3) is 2.70. The molecule has 6 heteroatoms. The monoisotopic (exact) mass is 289 g/mol. The third-order valence-electron chi connectivity index (χ3n) is 3.77. The van der Waals surface area contributed by atoms with E-state index in [2.05, 4.69) is 17.2 Å². The molecule has 0 aromatic carbocycles. The van der Waals surface area contributed by atoms with E-state index in [1.807, 2.05) is 6.07 Å². The molecule has 1 amide bonds. The van der Waals surface area contributed by atoms with Gasteiger partial charge in [0.2, 0.25) is 5.76 Å². The van der Waals surface area contributed by atoms with Crippen LogP contribution in [0.2, 0.25) is 0 Å². The molecule has 0 N–H and O–H groups in total. The van der Waals surface area contributed by atoms with Gasteiger partial charge in [0, 0.05) is 25.1 Å². The Labute approximate surface area is 123 Å². The van der Waals surface area contributed by atoms with Gasteiger partial charge < -0.3 is 13.9 Å². The molecule has 0 saturated carbocycles. The van der Waals surface area contributed by atoms with Crippen LogP contribution in [0.15, 0.2) is 21.2 Å². The Bertz CT molecular complexity index is 632. The van der Waals surface area contributed by atoms with Crippen molar-refractivity contribution >= 4 is 5.91 Å². The zero-order valence-electron chi connectivity index (χ0n) is 12.3. The van der Waals surface area contributed by atoms with E-state index in [0.717, 1.165) is 37.1 Å². The lowest BCUT2D eigenvalue weighted by molar-refractivity contribution is 0.0688. The van der Waals surface area contributed by atoms with Crippen LogP contribution in [0, 0.1) is 6.92 Å². The maximum Gasteiger partial charge on any atom is 0.293 e. The van der Waals surface area contributed by atoms with E-state index in [1.54, 1.807) is 17.9 Å². The Kier molecular flexibility index (Phi) is 3.77. The molecule has 2 aromatic heterocycles. The van der Waals surface area contributed by atoms with E-state index in [9.17, 15) is 4.79 Å². The molecule has 21 heavy (non-hydrogen) atoms. The molecule has 0 radical (unpaired) electrons. The average molecular weight is 289 g/mol. The lowest BCUT2D eigenvalue weighted by atomic mass is 10.1. The smallest absolute Gasteiger partial charge is 0.293 e. The fourth-order valence-corrected chi connectivity index (χ4v) is 2.77. The van der Waals surface area contributed by atoms with Gasteiger partial charge in [-0.25, -0.2) is 0 Å². The van der Waals surface area contributed by atoms with Gasteiger partial charge in [-0.05, 0) is 26.2 Å². The zero-order valence-corrected chi connectivity index (χ0v) is 12.3. The highest BCUT2D eigenvalue weighted by atomic mass is 16.5. The molecule has 0 aliphatic carbocycles. The number of aryl methyl sites for hydroxylation is 2. The molecule has 1 atom stereocenters. The Morgan fingerprint density at radius 3 is 2.95 bits per heavy atom. The highest BCUT2D eigenvalue weighted by Gasteiger charge is 2.34. The second-order valence-corrected chi connectivity index (χ2v) is 5.46. The number of carbonyl (C=O) groups excluding carboxylic acids is 1. The van der Waals surface area contributed by atoms with Crippen molar-refractivity contribution in [1.82, 2.24) is 15.2 Å². The normalized spacial score (nSPS) is 18.4. The quantitative estimate of drug-likeness (QED) is 0.865. The summed E-state index contributed by atoms with van der Waals surface area (Å²) >= 11 is 0. The van der Waals surface area contributed by atoms with Crippen molar-refractivity contribution < 1.29 is 13.8 Å². The lowest BCUT2D eigenvalue weighted by Gasteiger charge is -2.21. The number of amides is 1. The van der Waals surface area contributed by atoms with Crippen molar-refractivity contribution in [1.29, 1.82) is 0 Å². The van der Waals surface area contributed by atoms with Crippen LogP contribution >= 0.6 is 0 Å². The van der Waals surface area contributed by atoms with Crippen LogP contribution in [-0.4, -0.2) is 27.7 Å². The number of hydrogen-bond acceptors (Lipinski definition) is 5. The summed E-state index contributed by atoms with van der Waals surface area (Å²) in [5, 5.41) is 7.91. The van der Waals surface area contributed by atoms with Crippen LogP contribution in [0.1, 0.15) is 59.9 Å². The van der Waals surface area contributed by atoms with Gasteiger partial charge in [0.15, 0.2) is 0 Å². The summed E-state index contributed by atoms with van der Waals surface area (Å²) in [5.41, 5.74) is 1.54. The Balaban J connectivity index is 1.79. The van der Waals surface area contributed by atoms with E-state index in [4.69, 9.17) is 9.05 Å². The first-order chi connectivity index (χ1) is 10.2. The van der Waals surface area contributed by atoms with Gasteiger partial charge in [0.1, 0.15) is 11.5 Å². The first-order valence-corrected chi connectivity index (χ1v) is 7.39. The molecule has 2 aromatic rings. The number of likely N-dealkylation sites (tertiary alicyclic amines) is 1. The SMILES string of the molecule is CCCc1cc([C@@H]2CCCN2C(=O)c2cc(C)no2)no1. The summed E-state index contributed by atoms with van der Waals surface area (Å²) in [6.07, 6.45) is 3.74. The van der Waals surface area contributed by atoms with E-state index in [0.29, 0.717) is 12.2 Å². The molecule has 0 spiro atoms. The molecule has 0 unspecified atom stereocenters. The van der Waals surface area contributed by atoms with Gasteiger partial charge in [-0.2, -0.15) is 0 Å². The minimum absolute atomic E-state index is 0.0303. The molecule has 1 aliphatic rings. The number of hydrogen-bond donors (Lipinski definition) is 0. The van der Waals surface area contributed by atoms with Crippen molar-refractivity contribution in [2.24, 2.45) is 0 Å². The number of rotatable bonds is 4. The second kappa shape index (κ2) is 5.71. The Hall–Kier alpha value is -2.11. The van der Waals surface area contributed by atoms with Gasteiger partial charge in [-0.1, -0.05) is 17.2 Å². The van der Waals surface area contributed by atoms with Crippen molar-refractivity contribution in [3.8, 4) is 0 Å². The third-order valence-corrected chi connectivity index (χ3v) is 3.77. The van der Waals surface area contributed by atoms with Crippen LogP contribution < -0.4 is 0 Å². The van der Waals surface area contributed by atoms with Crippen molar-refractivity contribution in [3.05, 3.63) is 35.0 Å². The van der Waals surface area contributed by atoms with Crippen LogP contribution in [0.5, 0.6) is 0 Å². The molecule has 3 rings (SSSR count). The van der Waals surface area contributed by atoms with E-state index < -0.39 is 0 Å². The zero-order chi connectivity index (χ0) is 14.8. The number of nitrogens with zero attached hydrogens (tertiary/aromatic N) is 3. The molecular weight excluding hydrogens is 270 g/mol. The standard InChI is InChI=1S/C15H19N3O3/c1-3-5-11-9-12(17-20-11)13-6-4-7-18(13)15(19)14-8-10(2)16-21-14/h8-9,13H,3-7H2,1-2H3/t13-/m0/s1. The molecule has 1 saturated heterocycles. The van der Waals surface area contributed by atoms with Gasteiger partial charge in [0.05, 0.1) is 11.7 Å². The minimum Gasteiger partial charge on any atom is -0.361 e. The second-order valence-electron chi connectivity index (χ2n) is 5.46. The Morgan fingerprint density at radius 2 is 2.24 bits per heavy atom. The largest absolute Gasteiger partial charge is 0.361 e. The lowest BCUT2D eigenvalue weighted by Crippen LogP contribution is -2.30. The van der Waals surface area contributed by atoms with E-state index >= 15 is 0 Å². The molecule has 0 bridgehead atoms. The maximum absolute atomic E-state index is 12.5. The van der Waals surface area contributed by atoms with E-state index in [-0.39, 0.29) is 17.7 Å². The maximum atomic E-state index is 12.5. The Morgan fingerprint density at radius 1 is 1.38 bits per heavy atom. The summed E-state index contributed by atoms with van der Waals surface area (Å²) in [6.45, 7) is 4.61. The summed E-state index contributed by atoms with van der Waals surface area (Å²) in [5.74, 6) is 1.04. The van der Waals surface area contributed by atoms with Crippen LogP contribution in [0.25, 0.3) is 0 Å². The van der Waals surface area contributed by atoms with Gasteiger partial charge in [-0.15, -0.1) is 0 Å². The highest BCUT2D eigenvalue weighted by molar-refractivity contribution is 5.91. The minimum atomic E-state index is -0.127. The molecule has 112 valence electrons. The molecule has 1 aliphatic heterocycles. The summed E-state index contributed by atoms with van der Waals surface area (Å²) < 4.78 is 10.4. The molecule has 3 heterocycles. The predicted molar refractivity (Wildman–Crippen MR) is 74.7 cm³/mol. The van der Waals surface area contributed by atoms with Crippen molar-refractivity contribution in [3.63, 3.8) is 0 Å². The van der Waals surface area contributed by atoms with Crippen molar-refractivity contribution in [2.75, 3.05) is 6.54 Å². The molecular formula is C15H19N3O3.